The first-order valence-corrected chi connectivity index (χ1v) is 11.9. The molecular formula is C27H27N9O. The van der Waals surface area contributed by atoms with Gasteiger partial charge in [0.05, 0.1) is 30.9 Å². The maximum absolute atomic E-state index is 9.61. The van der Waals surface area contributed by atoms with Gasteiger partial charge in [-0.05, 0) is 23.8 Å². The van der Waals surface area contributed by atoms with Gasteiger partial charge in [-0.3, -0.25) is 4.90 Å². The third-order valence-corrected chi connectivity index (χ3v) is 6.44. The Bertz CT molecular complexity index is 1490. The molecule has 10 heteroatoms. The topological polar surface area (TPSA) is 121 Å². The number of nitriles is 1. The summed E-state index contributed by atoms with van der Waals surface area (Å²) in [5.74, 6) is 1.54. The second kappa shape index (κ2) is 10.5. The molecule has 186 valence electrons. The molecule has 1 aliphatic rings. The van der Waals surface area contributed by atoms with Crippen molar-refractivity contribution in [2.75, 3.05) is 38.2 Å². The number of nitrogens with zero attached hydrogens (tertiary/aromatic N) is 8. The van der Waals surface area contributed by atoms with Gasteiger partial charge in [0.2, 0.25) is 5.88 Å². The molecule has 5 heterocycles. The molecule has 2 N–H and O–H groups in total. The number of anilines is 1. The molecule has 0 radical (unpaired) electrons. The van der Waals surface area contributed by atoms with Crippen LogP contribution in [0.3, 0.4) is 0 Å². The number of piperazine rings is 1. The van der Waals surface area contributed by atoms with Crippen molar-refractivity contribution in [2.45, 2.75) is 6.54 Å². The zero-order chi connectivity index (χ0) is 25.8. The number of pyridine rings is 2. The van der Waals surface area contributed by atoms with Crippen molar-refractivity contribution in [3.8, 4) is 23.2 Å². The van der Waals surface area contributed by atoms with Gasteiger partial charge >= 0.3 is 0 Å². The SMILES string of the molecule is C=C/C(=C\N)c1cn2ncc(C#N)c2c(-c2ccc(N3CCN(Cc4ccnc(OC)c4)CC3)nc2)n1. The van der Waals surface area contributed by atoms with E-state index in [1.54, 1.807) is 36.3 Å². The Kier molecular flexibility index (Phi) is 6.78. The van der Waals surface area contributed by atoms with E-state index >= 15 is 0 Å². The van der Waals surface area contributed by atoms with Crippen LogP contribution in [0.15, 0.2) is 67.9 Å². The van der Waals surface area contributed by atoms with E-state index in [1.165, 1.54) is 18.0 Å². The Morgan fingerprint density at radius 1 is 1.19 bits per heavy atom. The zero-order valence-corrected chi connectivity index (χ0v) is 20.6. The lowest BCUT2D eigenvalue weighted by molar-refractivity contribution is 0.249. The third kappa shape index (κ3) is 4.85. The van der Waals surface area contributed by atoms with Gasteiger partial charge in [0, 0.05) is 68.5 Å². The van der Waals surface area contributed by atoms with Crippen molar-refractivity contribution in [3.05, 3.63) is 84.7 Å². The van der Waals surface area contributed by atoms with Gasteiger partial charge in [-0.1, -0.05) is 12.7 Å². The lowest BCUT2D eigenvalue weighted by Crippen LogP contribution is -2.46. The molecule has 1 saturated heterocycles. The highest BCUT2D eigenvalue weighted by Crippen LogP contribution is 2.28. The number of hydrogen-bond acceptors (Lipinski definition) is 9. The van der Waals surface area contributed by atoms with Crippen LogP contribution in [0, 0.1) is 11.3 Å². The van der Waals surface area contributed by atoms with Crippen molar-refractivity contribution in [1.82, 2.24) is 29.5 Å². The van der Waals surface area contributed by atoms with Crippen molar-refractivity contribution in [1.29, 1.82) is 5.26 Å². The second-order valence-corrected chi connectivity index (χ2v) is 8.64. The van der Waals surface area contributed by atoms with Gasteiger partial charge in [0.25, 0.3) is 0 Å². The van der Waals surface area contributed by atoms with Crippen LogP contribution in [-0.2, 0) is 6.54 Å². The molecule has 1 fully saturated rings. The molecule has 0 saturated carbocycles. The molecule has 4 aromatic rings. The highest BCUT2D eigenvalue weighted by Gasteiger charge is 2.20. The fourth-order valence-corrected chi connectivity index (χ4v) is 4.46. The first-order valence-electron chi connectivity index (χ1n) is 11.9. The highest BCUT2D eigenvalue weighted by atomic mass is 16.5. The molecule has 0 unspecified atom stereocenters. The minimum Gasteiger partial charge on any atom is -0.481 e. The first-order chi connectivity index (χ1) is 18.1. The van der Waals surface area contributed by atoms with Crippen LogP contribution in [0.1, 0.15) is 16.8 Å². The summed E-state index contributed by atoms with van der Waals surface area (Å²) in [4.78, 5) is 18.4. The summed E-state index contributed by atoms with van der Waals surface area (Å²) >= 11 is 0. The van der Waals surface area contributed by atoms with Gasteiger partial charge in [-0.25, -0.2) is 19.5 Å². The molecule has 37 heavy (non-hydrogen) atoms. The smallest absolute Gasteiger partial charge is 0.213 e. The summed E-state index contributed by atoms with van der Waals surface area (Å²) in [6.45, 7) is 8.26. The average molecular weight is 494 g/mol. The van der Waals surface area contributed by atoms with E-state index in [4.69, 9.17) is 20.4 Å². The Balaban J connectivity index is 1.35. The number of methoxy groups -OCH3 is 1. The second-order valence-electron chi connectivity index (χ2n) is 8.64. The van der Waals surface area contributed by atoms with E-state index in [2.05, 4.69) is 32.5 Å². The normalized spacial score (nSPS) is 14.5. The summed E-state index contributed by atoms with van der Waals surface area (Å²) in [5.41, 5.74) is 10.7. The molecule has 0 bridgehead atoms. The van der Waals surface area contributed by atoms with Crippen molar-refractivity contribution in [2.24, 2.45) is 5.73 Å². The monoisotopic (exact) mass is 493 g/mol. The largest absolute Gasteiger partial charge is 0.481 e. The van der Waals surface area contributed by atoms with E-state index in [-0.39, 0.29) is 0 Å². The highest BCUT2D eigenvalue weighted by molar-refractivity contribution is 5.83. The van der Waals surface area contributed by atoms with Crippen LogP contribution in [0.4, 0.5) is 5.82 Å². The van der Waals surface area contributed by atoms with Crippen LogP contribution in [0.25, 0.3) is 22.3 Å². The summed E-state index contributed by atoms with van der Waals surface area (Å²) in [6, 6.07) is 10.2. The molecule has 0 aliphatic carbocycles. The number of fused-ring (bicyclic) bond motifs is 1. The minimum atomic E-state index is 0.443. The van der Waals surface area contributed by atoms with E-state index in [0.29, 0.717) is 33.9 Å². The van der Waals surface area contributed by atoms with Gasteiger partial charge < -0.3 is 15.4 Å². The third-order valence-electron chi connectivity index (χ3n) is 6.44. The predicted molar refractivity (Wildman–Crippen MR) is 142 cm³/mol. The molecular weight excluding hydrogens is 466 g/mol. The van der Waals surface area contributed by atoms with Gasteiger partial charge in [0.1, 0.15) is 23.0 Å². The van der Waals surface area contributed by atoms with Gasteiger partial charge in [0.15, 0.2) is 0 Å². The zero-order valence-electron chi connectivity index (χ0n) is 20.6. The molecule has 4 aromatic heterocycles. The maximum Gasteiger partial charge on any atom is 0.213 e. The van der Waals surface area contributed by atoms with Crippen molar-refractivity contribution < 1.29 is 4.74 Å². The average Bonchev–Trinajstić information content (AvgIpc) is 3.37. The summed E-state index contributed by atoms with van der Waals surface area (Å²) in [6.07, 6.45) is 9.94. The number of hydrogen-bond donors (Lipinski definition) is 1. The Morgan fingerprint density at radius 3 is 2.70 bits per heavy atom. The Labute approximate surface area is 215 Å². The predicted octanol–water partition coefficient (Wildman–Crippen LogP) is 2.87. The molecule has 0 aromatic carbocycles. The van der Waals surface area contributed by atoms with Crippen LogP contribution in [-0.4, -0.2) is 62.8 Å². The number of allylic oxidation sites excluding steroid dienone is 2. The molecule has 1 aliphatic heterocycles. The fraction of sp³-hybridized carbons (Fsp3) is 0.222. The number of rotatable bonds is 7. The first kappa shape index (κ1) is 24.0. The van der Waals surface area contributed by atoms with E-state index in [9.17, 15) is 5.26 Å². The quantitative estimate of drug-likeness (QED) is 0.387. The molecule has 10 nitrogen and oxygen atoms in total. The molecule has 5 rings (SSSR count). The minimum absolute atomic E-state index is 0.443. The summed E-state index contributed by atoms with van der Waals surface area (Å²) < 4.78 is 6.89. The summed E-state index contributed by atoms with van der Waals surface area (Å²) in [7, 11) is 1.63. The van der Waals surface area contributed by atoms with E-state index in [1.807, 2.05) is 24.3 Å². The van der Waals surface area contributed by atoms with Crippen LogP contribution in [0.5, 0.6) is 5.88 Å². The van der Waals surface area contributed by atoms with E-state index in [0.717, 1.165) is 44.1 Å². The molecule has 0 spiro atoms. The van der Waals surface area contributed by atoms with Crippen molar-refractivity contribution >= 4 is 16.9 Å². The van der Waals surface area contributed by atoms with Crippen molar-refractivity contribution in [3.63, 3.8) is 0 Å². The van der Waals surface area contributed by atoms with Crippen LogP contribution >= 0.6 is 0 Å². The lowest BCUT2D eigenvalue weighted by Gasteiger charge is -2.35. The Hall–Kier alpha value is -4.75. The maximum atomic E-state index is 9.61. The fourth-order valence-electron chi connectivity index (χ4n) is 4.46. The number of aromatic nitrogens is 5. The standard InChI is InChI=1S/C27H27N9O/c1-3-20(13-28)23-18-36-27(22(14-29)16-32-36)26(33-23)21-4-5-24(31-15-21)35-10-8-34(9-11-35)17-19-6-7-30-25(12-19)37-2/h3-7,12-13,15-16,18H,1,8-11,17,28H2,2H3/b20-13+. The van der Waals surface area contributed by atoms with E-state index < -0.39 is 0 Å². The van der Waals surface area contributed by atoms with Gasteiger partial charge in [-0.15, -0.1) is 0 Å². The molecule has 0 amide bonds. The Morgan fingerprint density at radius 2 is 2.03 bits per heavy atom. The lowest BCUT2D eigenvalue weighted by atomic mass is 10.1. The number of nitrogens with two attached hydrogens (primary N) is 1. The number of ether oxygens (including phenoxy) is 1. The summed E-state index contributed by atoms with van der Waals surface area (Å²) in [5, 5.41) is 13.9. The molecule has 0 atom stereocenters. The van der Waals surface area contributed by atoms with Gasteiger partial charge in [-0.2, -0.15) is 10.4 Å². The van der Waals surface area contributed by atoms with Crippen LogP contribution in [0.2, 0.25) is 0 Å². The van der Waals surface area contributed by atoms with Crippen LogP contribution < -0.4 is 15.4 Å².